The molecule has 0 bridgehead atoms. The molecular formula is C25H26ClN3O. The Kier molecular flexibility index (Phi) is 6.36. The van der Waals surface area contributed by atoms with E-state index in [0.717, 1.165) is 54.6 Å². The highest BCUT2D eigenvalue weighted by Crippen LogP contribution is 2.29. The highest BCUT2D eigenvalue weighted by Gasteiger charge is 2.22. The SMILES string of the molecule is Cc1ccc(-c2ccccc2CN2CCN(C(=O)Nc3ccccc3)CC2)cc1Cl. The molecule has 1 heterocycles. The van der Waals surface area contributed by atoms with Crippen LogP contribution in [-0.4, -0.2) is 42.0 Å². The lowest BCUT2D eigenvalue weighted by Gasteiger charge is -2.35. The fourth-order valence-electron chi connectivity index (χ4n) is 3.77. The van der Waals surface area contributed by atoms with Gasteiger partial charge in [0.15, 0.2) is 0 Å². The standard InChI is InChI=1S/C25H26ClN3O/c1-19-11-12-20(17-24(19)26)23-10-6-5-7-21(23)18-28-13-15-29(16-14-28)25(30)27-22-8-3-2-4-9-22/h2-12,17H,13-16,18H2,1H3,(H,27,30). The molecule has 2 amide bonds. The van der Waals surface area contributed by atoms with Gasteiger partial charge in [0.25, 0.3) is 0 Å². The van der Waals surface area contributed by atoms with Crippen LogP contribution in [0.2, 0.25) is 5.02 Å². The molecule has 0 atom stereocenters. The van der Waals surface area contributed by atoms with Crippen molar-refractivity contribution in [3.05, 3.63) is 88.9 Å². The Morgan fingerprint density at radius 2 is 1.63 bits per heavy atom. The summed E-state index contributed by atoms with van der Waals surface area (Å²) in [4.78, 5) is 16.8. The van der Waals surface area contributed by atoms with Crippen molar-refractivity contribution < 1.29 is 4.79 Å². The molecule has 0 aliphatic carbocycles. The summed E-state index contributed by atoms with van der Waals surface area (Å²) < 4.78 is 0. The van der Waals surface area contributed by atoms with E-state index in [1.54, 1.807) is 0 Å². The summed E-state index contributed by atoms with van der Waals surface area (Å²) in [5, 5.41) is 3.76. The number of para-hydroxylation sites is 1. The van der Waals surface area contributed by atoms with Gasteiger partial charge >= 0.3 is 6.03 Å². The number of piperazine rings is 1. The van der Waals surface area contributed by atoms with Gasteiger partial charge in [-0.05, 0) is 47.4 Å². The lowest BCUT2D eigenvalue weighted by molar-refractivity contribution is 0.143. The van der Waals surface area contributed by atoms with Crippen LogP contribution in [0.5, 0.6) is 0 Å². The highest BCUT2D eigenvalue weighted by atomic mass is 35.5. The largest absolute Gasteiger partial charge is 0.322 e. The molecule has 1 fully saturated rings. The van der Waals surface area contributed by atoms with Crippen molar-refractivity contribution in [1.82, 2.24) is 9.80 Å². The van der Waals surface area contributed by atoms with Gasteiger partial charge in [0, 0.05) is 43.4 Å². The maximum atomic E-state index is 12.5. The monoisotopic (exact) mass is 419 g/mol. The summed E-state index contributed by atoms with van der Waals surface area (Å²) in [6, 6.07) is 24.3. The predicted molar refractivity (Wildman–Crippen MR) is 124 cm³/mol. The molecule has 0 saturated carbocycles. The zero-order valence-corrected chi connectivity index (χ0v) is 17.9. The van der Waals surface area contributed by atoms with Crippen molar-refractivity contribution in [2.45, 2.75) is 13.5 Å². The van der Waals surface area contributed by atoms with E-state index in [0.29, 0.717) is 0 Å². The van der Waals surface area contributed by atoms with Crippen molar-refractivity contribution >= 4 is 23.3 Å². The second-order valence-corrected chi connectivity index (χ2v) is 8.09. The smallest absolute Gasteiger partial charge is 0.321 e. The zero-order valence-electron chi connectivity index (χ0n) is 17.1. The minimum Gasteiger partial charge on any atom is -0.322 e. The Bertz CT molecular complexity index is 1010. The fraction of sp³-hybridized carbons (Fsp3) is 0.240. The summed E-state index contributed by atoms with van der Waals surface area (Å²) >= 11 is 6.36. The van der Waals surface area contributed by atoms with E-state index >= 15 is 0 Å². The summed E-state index contributed by atoms with van der Waals surface area (Å²) in [7, 11) is 0. The number of aryl methyl sites for hydroxylation is 1. The molecule has 0 unspecified atom stereocenters. The topological polar surface area (TPSA) is 35.6 Å². The van der Waals surface area contributed by atoms with Crippen molar-refractivity contribution in [3.63, 3.8) is 0 Å². The van der Waals surface area contributed by atoms with Crippen LogP contribution < -0.4 is 5.32 Å². The Hall–Kier alpha value is -2.82. The van der Waals surface area contributed by atoms with Gasteiger partial charge in [-0.3, -0.25) is 4.90 Å². The van der Waals surface area contributed by atoms with E-state index in [4.69, 9.17) is 11.6 Å². The first kappa shape index (κ1) is 20.5. The number of nitrogens with one attached hydrogen (secondary N) is 1. The van der Waals surface area contributed by atoms with Crippen LogP contribution in [0.3, 0.4) is 0 Å². The van der Waals surface area contributed by atoms with Gasteiger partial charge in [-0.1, -0.05) is 66.2 Å². The van der Waals surface area contributed by atoms with E-state index in [-0.39, 0.29) is 6.03 Å². The second-order valence-electron chi connectivity index (χ2n) is 7.68. The van der Waals surface area contributed by atoms with Crippen LogP contribution in [0, 0.1) is 6.92 Å². The number of amides is 2. The van der Waals surface area contributed by atoms with Crippen LogP contribution >= 0.6 is 11.6 Å². The maximum absolute atomic E-state index is 12.5. The third-order valence-corrected chi connectivity index (χ3v) is 5.99. The number of urea groups is 1. The van der Waals surface area contributed by atoms with Crippen LogP contribution in [0.1, 0.15) is 11.1 Å². The van der Waals surface area contributed by atoms with Gasteiger partial charge < -0.3 is 10.2 Å². The van der Waals surface area contributed by atoms with Crippen LogP contribution in [-0.2, 0) is 6.54 Å². The first-order chi connectivity index (χ1) is 14.6. The lowest BCUT2D eigenvalue weighted by Crippen LogP contribution is -2.49. The summed E-state index contributed by atoms with van der Waals surface area (Å²) in [5.41, 5.74) is 5.55. The molecule has 0 spiro atoms. The molecule has 5 heteroatoms. The molecule has 154 valence electrons. The average Bonchev–Trinajstić information content (AvgIpc) is 2.77. The third kappa shape index (κ3) is 4.84. The van der Waals surface area contributed by atoms with E-state index in [1.165, 1.54) is 11.1 Å². The van der Waals surface area contributed by atoms with E-state index in [9.17, 15) is 4.79 Å². The molecule has 0 aromatic heterocycles. The van der Waals surface area contributed by atoms with Gasteiger partial charge in [0.1, 0.15) is 0 Å². The average molecular weight is 420 g/mol. The Morgan fingerprint density at radius 3 is 2.37 bits per heavy atom. The first-order valence-corrected chi connectivity index (χ1v) is 10.7. The number of hydrogen-bond acceptors (Lipinski definition) is 2. The van der Waals surface area contributed by atoms with Crippen molar-refractivity contribution in [1.29, 1.82) is 0 Å². The molecular weight excluding hydrogens is 394 g/mol. The minimum absolute atomic E-state index is 0.0319. The molecule has 3 aromatic rings. The predicted octanol–water partition coefficient (Wildman–Crippen LogP) is 5.67. The molecule has 3 aromatic carbocycles. The van der Waals surface area contributed by atoms with Crippen molar-refractivity contribution in [3.8, 4) is 11.1 Å². The Labute approximate surface area is 183 Å². The number of anilines is 1. The Balaban J connectivity index is 1.39. The lowest BCUT2D eigenvalue weighted by atomic mass is 9.98. The molecule has 4 rings (SSSR count). The van der Waals surface area contributed by atoms with Crippen LogP contribution in [0.4, 0.5) is 10.5 Å². The summed E-state index contributed by atoms with van der Waals surface area (Å²) in [5.74, 6) is 0. The first-order valence-electron chi connectivity index (χ1n) is 10.3. The second kappa shape index (κ2) is 9.33. The van der Waals surface area contributed by atoms with E-state index < -0.39 is 0 Å². The number of carbonyl (C=O) groups excluding carboxylic acids is 1. The number of carbonyl (C=O) groups is 1. The quantitative estimate of drug-likeness (QED) is 0.591. The van der Waals surface area contributed by atoms with Gasteiger partial charge in [-0.25, -0.2) is 4.79 Å². The molecule has 0 radical (unpaired) electrons. The molecule has 1 saturated heterocycles. The molecule has 1 aliphatic heterocycles. The maximum Gasteiger partial charge on any atom is 0.321 e. The zero-order chi connectivity index (χ0) is 20.9. The molecule has 30 heavy (non-hydrogen) atoms. The van der Waals surface area contributed by atoms with E-state index in [1.807, 2.05) is 48.2 Å². The van der Waals surface area contributed by atoms with Crippen molar-refractivity contribution in [2.75, 3.05) is 31.5 Å². The summed E-state index contributed by atoms with van der Waals surface area (Å²) in [6.07, 6.45) is 0. The highest BCUT2D eigenvalue weighted by molar-refractivity contribution is 6.31. The van der Waals surface area contributed by atoms with Crippen LogP contribution in [0.25, 0.3) is 11.1 Å². The fourth-order valence-corrected chi connectivity index (χ4v) is 3.95. The summed E-state index contributed by atoms with van der Waals surface area (Å²) in [6.45, 7) is 6.02. The van der Waals surface area contributed by atoms with E-state index in [2.05, 4.69) is 46.6 Å². The number of benzene rings is 3. The minimum atomic E-state index is -0.0319. The number of hydrogen-bond donors (Lipinski definition) is 1. The molecule has 1 N–H and O–H groups in total. The van der Waals surface area contributed by atoms with Crippen molar-refractivity contribution in [2.24, 2.45) is 0 Å². The number of rotatable bonds is 4. The Morgan fingerprint density at radius 1 is 0.933 bits per heavy atom. The molecule has 1 aliphatic rings. The van der Waals surface area contributed by atoms with Gasteiger partial charge in [-0.2, -0.15) is 0 Å². The normalized spacial score (nSPS) is 14.5. The van der Waals surface area contributed by atoms with Gasteiger partial charge in [0.05, 0.1) is 0 Å². The molecule has 4 nitrogen and oxygen atoms in total. The third-order valence-electron chi connectivity index (χ3n) is 5.58. The van der Waals surface area contributed by atoms with Gasteiger partial charge in [-0.15, -0.1) is 0 Å². The number of halogens is 1. The number of nitrogens with zero attached hydrogens (tertiary/aromatic N) is 2. The van der Waals surface area contributed by atoms with Gasteiger partial charge in [0.2, 0.25) is 0 Å². The van der Waals surface area contributed by atoms with Crippen LogP contribution in [0.15, 0.2) is 72.8 Å².